The average Bonchev–Trinajstić information content (AvgIpc) is 2.43. The summed E-state index contributed by atoms with van der Waals surface area (Å²) < 4.78 is 10.1. The van der Waals surface area contributed by atoms with E-state index in [0.717, 1.165) is 11.4 Å². The van der Waals surface area contributed by atoms with E-state index in [0.29, 0.717) is 19.8 Å². The highest BCUT2D eigenvalue weighted by atomic mass is 16.5. The fourth-order valence-corrected chi connectivity index (χ4v) is 1.39. The molecule has 1 rings (SSSR count). The van der Waals surface area contributed by atoms with Crippen LogP contribution in [0, 0.1) is 0 Å². The number of anilines is 1. The van der Waals surface area contributed by atoms with Gasteiger partial charge in [-0.05, 0) is 24.3 Å². The summed E-state index contributed by atoms with van der Waals surface area (Å²) in [6, 6.07) is 7.12. The summed E-state index contributed by atoms with van der Waals surface area (Å²) in [5.74, 6) is 0.629. The highest BCUT2D eigenvalue weighted by Gasteiger charge is 2.01. The molecule has 6 heteroatoms. The van der Waals surface area contributed by atoms with Gasteiger partial charge in [0.15, 0.2) is 0 Å². The van der Waals surface area contributed by atoms with Crippen LogP contribution in [0.1, 0.15) is 0 Å². The summed E-state index contributed by atoms with van der Waals surface area (Å²) in [5, 5.41) is 14.2. The number of aliphatic hydroxyl groups excluding tert-OH is 1. The van der Waals surface area contributed by atoms with Gasteiger partial charge >= 0.3 is 0 Å². The maximum atomic E-state index is 11.6. The molecule has 0 saturated carbocycles. The van der Waals surface area contributed by atoms with E-state index in [9.17, 15) is 4.79 Å². The number of methoxy groups -OCH3 is 1. The van der Waals surface area contributed by atoms with Crippen molar-refractivity contribution >= 4 is 11.6 Å². The van der Waals surface area contributed by atoms with Crippen LogP contribution in [-0.4, -0.2) is 51.0 Å². The highest BCUT2D eigenvalue weighted by molar-refractivity contribution is 5.92. The van der Waals surface area contributed by atoms with Gasteiger partial charge in [-0.25, -0.2) is 0 Å². The minimum Gasteiger partial charge on any atom is -0.497 e. The fraction of sp³-hybridized carbons (Fsp3) is 0.462. The van der Waals surface area contributed by atoms with E-state index < -0.39 is 0 Å². The van der Waals surface area contributed by atoms with Gasteiger partial charge in [0.2, 0.25) is 5.91 Å². The standard InChI is InChI=1S/C13H20N2O4/c1-18-12-4-2-11(3-5-12)15-13(17)10-14-6-8-19-9-7-16/h2-5,14,16H,6-10H2,1H3,(H,15,17). The van der Waals surface area contributed by atoms with Crippen molar-refractivity contribution in [2.24, 2.45) is 0 Å². The summed E-state index contributed by atoms with van der Waals surface area (Å²) in [7, 11) is 1.59. The van der Waals surface area contributed by atoms with E-state index in [1.807, 2.05) is 0 Å². The molecule has 1 amide bonds. The van der Waals surface area contributed by atoms with Crippen molar-refractivity contribution in [1.29, 1.82) is 0 Å². The number of aliphatic hydroxyl groups is 1. The van der Waals surface area contributed by atoms with Crippen LogP contribution < -0.4 is 15.4 Å². The number of hydrogen-bond acceptors (Lipinski definition) is 5. The molecule has 0 saturated heterocycles. The molecule has 0 fully saturated rings. The van der Waals surface area contributed by atoms with Gasteiger partial charge in [-0.1, -0.05) is 0 Å². The predicted molar refractivity (Wildman–Crippen MR) is 72.4 cm³/mol. The summed E-state index contributed by atoms with van der Waals surface area (Å²) in [4.78, 5) is 11.6. The van der Waals surface area contributed by atoms with Crippen molar-refractivity contribution < 1.29 is 19.4 Å². The normalized spacial score (nSPS) is 10.2. The summed E-state index contributed by atoms with van der Waals surface area (Å²) in [5.41, 5.74) is 0.726. The molecule has 106 valence electrons. The highest BCUT2D eigenvalue weighted by Crippen LogP contribution is 2.14. The molecule has 0 aliphatic rings. The smallest absolute Gasteiger partial charge is 0.238 e. The lowest BCUT2D eigenvalue weighted by molar-refractivity contribution is -0.115. The van der Waals surface area contributed by atoms with Crippen molar-refractivity contribution in [3.05, 3.63) is 24.3 Å². The molecule has 3 N–H and O–H groups in total. The van der Waals surface area contributed by atoms with Crippen molar-refractivity contribution in [2.45, 2.75) is 0 Å². The minimum atomic E-state index is -0.118. The average molecular weight is 268 g/mol. The molecule has 0 heterocycles. The number of rotatable bonds is 9. The van der Waals surface area contributed by atoms with E-state index in [2.05, 4.69) is 10.6 Å². The van der Waals surface area contributed by atoms with Crippen LogP contribution >= 0.6 is 0 Å². The molecule has 1 aromatic carbocycles. The molecule has 0 atom stereocenters. The molecule has 0 aliphatic heterocycles. The second-order valence-electron chi connectivity index (χ2n) is 3.79. The van der Waals surface area contributed by atoms with Gasteiger partial charge in [0.1, 0.15) is 5.75 Å². The Kier molecular flexibility index (Phi) is 7.57. The zero-order valence-electron chi connectivity index (χ0n) is 11.0. The van der Waals surface area contributed by atoms with Gasteiger partial charge in [0.05, 0.1) is 33.5 Å². The van der Waals surface area contributed by atoms with Gasteiger partial charge in [-0.3, -0.25) is 4.79 Å². The fourth-order valence-electron chi connectivity index (χ4n) is 1.39. The topological polar surface area (TPSA) is 79.8 Å². The number of carbonyl (C=O) groups excluding carboxylic acids is 1. The number of carbonyl (C=O) groups is 1. The van der Waals surface area contributed by atoms with Crippen LogP contribution in [0.15, 0.2) is 24.3 Å². The van der Waals surface area contributed by atoms with Crippen LogP contribution in [0.2, 0.25) is 0 Å². The first-order chi connectivity index (χ1) is 9.26. The third-order valence-electron chi connectivity index (χ3n) is 2.32. The number of benzene rings is 1. The first-order valence-electron chi connectivity index (χ1n) is 6.09. The summed E-state index contributed by atoms with van der Waals surface area (Å²) >= 11 is 0. The Morgan fingerprint density at radius 2 is 2.00 bits per heavy atom. The Morgan fingerprint density at radius 3 is 2.63 bits per heavy atom. The Labute approximate surface area is 112 Å². The van der Waals surface area contributed by atoms with Crippen LogP contribution in [0.3, 0.4) is 0 Å². The molecule has 0 radical (unpaired) electrons. The zero-order chi connectivity index (χ0) is 13.9. The molecular weight excluding hydrogens is 248 g/mol. The van der Waals surface area contributed by atoms with Crippen molar-refractivity contribution in [2.75, 3.05) is 45.3 Å². The molecule has 0 unspecified atom stereocenters. The number of nitrogens with one attached hydrogen (secondary N) is 2. The Balaban J connectivity index is 2.16. The lowest BCUT2D eigenvalue weighted by atomic mass is 10.3. The molecule has 1 aromatic rings. The second-order valence-corrected chi connectivity index (χ2v) is 3.79. The third kappa shape index (κ3) is 6.76. The quantitative estimate of drug-likeness (QED) is 0.559. The van der Waals surface area contributed by atoms with Crippen LogP contribution in [0.25, 0.3) is 0 Å². The molecule has 0 bridgehead atoms. The van der Waals surface area contributed by atoms with Crippen LogP contribution in [0.5, 0.6) is 5.75 Å². The third-order valence-corrected chi connectivity index (χ3v) is 2.32. The van der Waals surface area contributed by atoms with Gasteiger partial charge in [0.25, 0.3) is 0 Å². The van der Waals surface area contributed by atoms with E-state index in [4.69, 9.17) is 14.6 Å². The van der Waals surface area contributed by atoms with Gasteiger partial charge in [0, 0.05) is 12.2 Å². The Bertz CT molecular complexity index is 367. The summed E-state index contributed by atoms with van der Waals surface area (Å²) in [6.45, 7) is 1.58. The van der Waals surface area contributed by atoms with Crippen molar-refractivity contribution in [3.8, 4) is 5.75 Å². The summed E-state index contributed by atoms with van der Waals surface area (Å²) in [6.07, 6.45) is 0. The van der Waals surface area contributed by atoms with E-state index in [1.54, 1.807) is 31.4 Å². The first kappa shape index (κ1) is 15.4. The van der Waals surface area contributed by atoms with Crippen LogP contribution in [0.4, 0.5) is 5.69 Å². The molecule has 0 aliphatic carbocycles. The zero-order valence-corrected chi connectivity index (χ0v) is 11.0. The number of amides is 1. The number of ether oxygens (including phenoxy) is 2. The van der Waals surface area contributed by atoms with E-state index in [-0.39, 0.29) is 19.1 Å². The first-order valence-corrected chi connectivity index (χ1v) is 6.09. The molecule has 0 spiro atoms. The predicted octanol–water partition coefficient (Wildman–Crippen LogP) is 0.232. The number of hydrogen-bond donors (Lipinski definition) is 3. The monoisotopic (exact) mass is 268 g/mol. The second kappa shape index (κ2) is 9.32. The molecule has 6 nitrogen and oxygen atoms in total. The molecule has 19 heavy (non-hydrogen) atoms. The van der Waals surface area contributed by atoms with Crippen molar-refractivity contribution in [3.63, 3.8) is 0 Å². The van der Waals surface area contributed by atoms with E-state index >= 15 is 0 Å². The largest absolute Gasteiger partial charge is 0.497 e. The maximum Gasteiger partial charge on any atom is 0.238 e. The molecular formula is C13H20N2O4. The van der Waals surface area contributed by atoms with E-state index in [1.165, 1.54) is 0 Å². The van der Waals surface area contributed by atoms with Gasteiger partial charge in [-0.2, -0.15) is 0 Å². The van der Waals surface area contributed by atoms with Gasteiger partial charge < -0.3 is 25.2 Å². The lowest BCUT2D eigenvalue weighted by Crippen LogP contribution is -2.30. The van der Waals surface area contributed by atoms with Gasteiger partial charge in [-0.15, -0.1) is 0 Å². The van der Waals surface area contributed by atoms with Crippen LogP contribution in [-0.2, 0) is 9.53 Å². The lowest BCUT2D eigenvalue weighted by Gasteiger charge is -2.07. The Morgan fingerprint density at radius 1 is 1.26 bits per heavy atom. The minimum absolute atomic E-state index is 0.0119. The maximum absolute atomic E-state index is 11.6. The van der Waals surface area contributed by atoms with Crippen molar-refractivity contribution in [1.82, 2.24) is 5.32 Å². The molecule has 0 aromatic heterocycles. The Hall–Kier alpha value is -1.63. The SMILES string of the molecule is COc1ccc(NC(=O)CNCCOCCO)cc1.